The van der Waals surface area contributed by atoms with Crippen LogP contribution in [0.4, 0.5) is 10.5 Å². The minimum absolute atomic E-state index is 0.207. The molecule has 0 aromatic heterocycles. The van der Waals surface area contributed by atoms with E-state index in [9.17, 15) is 9.90 Å². The number of likely N-dealkylation sites (N-methyl/N-ethyl adjacent to an activating group) is 1. The van der Waals surface area contributed by atoms with Gasteiger partial charge in [0.05, 0.1) is 12.6 Å². The van der Waals surface area contributed by atoms with Crippen molar-refractivity contribution in [1.29, 1.82) is 0 Å². The van der Waals surface area contributed by atoms with Crippen molar-refractivity contribution >= 4 is 23.5 Å². The highest BCUT2D eigenvalue weighted by Gasteiger charge is 2.17. The Morgan fingerprint density at radius 1 is 1.25 bits per heavy atom. The number of rotatable bonds is 6. The normalized spacial score (nSPS) is 11.8. The second kappa shape index (κ2) is 8.76. The zero-order valence-electron chi connectivity index (χ0n) is 14.3. The molecule has 0 radical (unpaired) electrons. The van der Waals surface area contributed by atoms with Gasteiger partial charge in [-0.1, -0.05) is 35.9 Å². The van der Waals surface area contributed by atoms with Gasteiger partial charge in [0.2, 0.25) is 0 Å². The quantitative estimate of drug-likeness (QED) is 0.768. The van der Waals surface area contributed by atoms with Gasteiger partial charge in [-0.3, -0.25) is 0 Å². The largest absolute Gasteiger partial charge is 0.387 e. The van der Waals surface area contributed by atoms with E-state index in [-0.39, 0.29) is 12.6 Å². The van der Waals surface area contributed by atoms with Crippen LogP contribution in [0, 0.1) is 6.92 Å². The van der Waals surface area contributed by atoms with Crippen LogP contribution in [-0.2, 0) is 0 Å². The van der Waals surface area contributed by atoms with Crippen molar-refractivity contribution in [2.24, 2.45) is 0 Å². The lowest BCUT2D eigenvalue weighted by Crippen LogP contribution is -2.37. The monoisotopic (exact) mass is 344 g/mol. The molecule has 2 N–H and O–H groups in total. The lowest BCUT2D eigenvalue weighted by molar-refractivity contribution is 0.128. The summed E-state index contributed by atoms with van der Waals surface area (Å²) >= 11 is 1.63. The molecule has 0 aliphatic heterocycles. The molecular formula is C19H24N2O2S. The lowest BCUT2D eigenvalue weighted by Gasteiger charge is -2.24. The number of urea groups is 1. The van der Waals surface area contributed by atoms with Crippen LogP contribution < -0.4 is 5.32 Å². The number of anilines is 1. The van der Waals surface area contributed by atoms with Gasteiger partial charge in [-0.2, -0.15) is 0 Å². The Balaban J connectivity index is 2.01. The Kier molecular flexibility index (Phi) is 6.70. The SMILES string of the molecule is CCN(CC(O)c1ccc(C)cc1)C(=O)Nc1cccc(SC)c1. The number of nitrogens with one attached hydrogen (secondary N) is 1. The van der Waals surface area contributed by atoms with Crippen LogP contribution in [0.5, 0.6) is 0 Å². The molecule has 0 aliphatic rings. The minimum atomic E-state index is -0.700. The predicted octanol–water partition coefficient (Wildman–Crippen LogP) is 4.30. The average molecular weight is 344 g/mol. The maximum absolute atomic E-state index is 12.5. The van der Waals surface area contributed by atoms with E-state index in [1.54, 1.807) is 16.7 Å². The fraction of sp³-hybridized carbons (Fsp3) is 0.316. The number of aliphatic hydroxyl groups excluding tert-OH is 1. The fourth-order valence-corrected chi connectivity index (χ4v) is 2.82. The number of amides is 2. The first-order valence-electron chi connectivity index (χ1n) is 7.98. The van der Waals surface area contributed by atoms with Gasteiger partial charge in [-0.15, -0.1) is 11.8 Å². The summed E-state index contributed by atoms with van der Waals surface area (Å²) in [6, 6.07) is 15.2. The van der Waals surface area contributed by atoms with E-state index in [0.29, 0.717) is 6.54 Å². The topological polar surface area (TPSA) is 52.6 Å². The Morgan fingerprint density at radius 2 is 1.96 bits per heavy atom. The number of thioether (sulfide) groups is 1. The van der Waals surface area contributed by atoms with Crippen LogP contribution in [-0.4, -0.2) is 35.4 Å². The molecule has 0 saturated carbocycles. The molecule has 1 atom stereocenters. The van der Waals surface area contributed by atoms with Crippen LogP contribution >= 0.6 is 11.8 Å². The summed E-state index contributed by atoms with van der Waals surface area (Å²) in [4.78, 5) is 15.2. The van der Waals surface area contributed by atoms with Crippen molar-refractivity contribution < 1.29 is 9.90 Å². The molecule has 128 valence electrons. The molecule has 1 unspecified atom stereocenters. The zero-order chi connectivity index (χ0) is 17.5. The number of carbonyl (C=O) groups is 1. The molecule has 0 saturated heterocycles. The molecule has 2 aromatic rings. The van der Waals surface area contributed by atoms with E-state index in [4.69, 9.17) is 0 Å². The summed E-state index contributed by atoms with van der Waals surface area (Å²) < 4.78 is 0. The summed E-state index contributed by atoms with van der Waals surface area (Å²) in [6.45, 7) is 4.69. The molecule has 5 heteroatoms. The van der Waals surface area contributed by atoms with Crippen molar-refractivity contribution in [1.82, 2.24) is 4.90 Å². The van der Waals surface area contributed by atoms with E-state index in [1.165, 1.54) is 0 Å². The predicted molar refractivity (Wildman–Crippen MR) is 101 cm³/mol. The maximum atomic E-state index is 12.5. The fourth-order valence-electron chi connectivity index (χ4n) is 2.36. The van der Waals surface area contributed by atoms with E-state index in [2.05, 4.69) is 5.32 Å². The number of nitrogens with zero attached hydrogens (tertiary/aromatic N) is 1. The molecular weight excluding hydrogens is 320 g/mol. The summed E-state index contributed by atoms with van der Waals surface area (Å²) in [5.74, 6) is 0. The van der Waals surface area contributed by atoms with Gasteiger partial charge in [0.25, 0.3) is 0 Å². The van der Waals surface area contributed by atoms with Crippen molar-refractivity contribution in [2.45, 2.75) is 24.8 Å². The van der Waals surface area contributed by atoms with E-state index >= 15 is 0 Å². The van der Waals surface area contributed by atoms with E-state index in [0.717, 1.165) is 21.7 Å². The number of aryl methyl sites for hydroxylation is 1. The number of hydrogen-bond acceptors (Lipinski definition) is 3. The highest BCUT2D eigenvalue weighted by molar-refractivity contribution is 7.98. The van der Waals surface area contributed by atoms with Crippen LogP contribution in [0.25, 0.3) is 0 Å². The summed E-state index contributed by atoms with van der Waals surface area (Å²) in [7, 11) is 0. The third-order valence-corrected chi connectivity index (χ3v) is 4.57. The molecule has 2 aromatic carbocycles. The van der Waals surface area contributed by atoms with Crippen molar-refractivity contribution in [2.75, 3.05) is 24.7 Å². The van der Waals surface area contributed by atoms with Gasteiger partial charge in [0.15, 0.2) is 0 Å². The number of aliphatic hydroxyl groups is 1. The molecule has 24 heavy (non-hydrogen) atoms. The van der Waals surface area contributed by atoms with Gasteiger partial charge < -0.3 is 15.3 Å². The Bertz CT molecular complexity index is 673. The van der Waals surface area contributed by atoms with Crippen molar-refractivity contribution in [3.63, 3.8) is 0 Å². The Hall–Kier alpha value is -1.98. The molecule has 0 aliphatic carbocycles. The van der Waals surface area contributed by atoms with Crippen LogP contribution in [0.15, 0.2) is 53.4 Å². The van der Waals surface area contributed by atoms with Gasteiger partial charge in [0, 0.05) is 17.1 Å². The third kappa shape index (κ3) is 5.01. The highest BCUT2D eigenvalue weighted by Crippen LogP contribution is 2.20. The van der Waals surface area contributed by atoms with Gasteiger partial charge in [0.1, 0.15) is 0 Å². The van der Waals surface area contributed by atoms with Crippen LogP contribution in [0.1, 0.15) is 24.2 Å². The van der Waals surface area contributed by atoms with Gasteiger partial charge in [-0.25, -0.2) is 4.79 Å². The average Bonchev–Trinajstić information content (AvgIpc) is 2.60. The second-order valence-corrected chi connectivity index (χ2v) is 6.51. The zero-order valence-corrected chi connectivity index (χ0v) is 15.1. The number of hydrogen-bond donors (Lipinski definition) is 2. The van der Waals surface area contributed by atoms with Crippen molar-refractivity contribution in [3.8, 4) is 0 Å². The highest BCUT2D eigenvalue weighted by atomic mass is 32.2. The molecule has 0 fully saturated rings. The van der Waals surface area contributed by atoms with E-state index in [1.807, 2.05) is 68.6 Å². The third-order valence-electron chi connectivity index (χ3n) is 3.85. The summed E-state index contributed by atoms with van der Waals surface area (Å²) in [5.41, 5.74) is 2.72. The van der Waals surface area contributed by atoms with Crippen LogP contribution in [0.3, 0.4) is 0 Å². The first kappa shape index (κ1) is 18.4. The standard InChI is InChI=1S/C19H24N2O2S/c1-4-21(13-18(22)15-10-8-14(2)9-11-15)19(23)20-16-6-5-7-17(12-16)24-3/h5-12,18,22H,4,13H2,1-3H3,(H,20,23). The number of benzene rings is 2. The molecule has 4 nitrogen and oxygen atoms in total. The first-order valence-corrected chi connectivity index (χ1v) is 9.20. The molecule has 0 bridgehead atoms. The lowest BCUT2D eigenvalue weighted by atomic mass is 10.1. The minimum Gasteiger partial charge on any atom is -0.387 e. The molecule has 0 spiro atoms. The van der Waals surface area contributed by atoms with E-state index < -0.39 is 6.10 Å². The Labute approximate surface area is 147 Å². The second-order valence-electron chi connectivity index (χ2n) is 5.63. The smallest absolute Gasteiger partial charge is 0.321 e. The molecule has 2 amide bonds. The van der Waals surface area contributed by atoms with Crippen LogP contribution in [0.2, 0.25) is 0 Å². The maximum Gasteiger partial charge on any atom is 0.321 e. The first-order chi connectivity index (χ1) is 11.5. The summed E-state index contributed by atoms with van der Waals surface area (Å²) in [5, 5.41) is 13.3. The number of carbonyl (C=O) groups excluding carboxylic acids is 1. The van der Waals surface area contributed by atoms with Gasteiger partial charge >= 0.3 is 6.03 Å². The van der Waals surface area contributed by atoms with Gasteiger partial charge in [-0.05, 0) is 43.9 Å². The molecule has 0 heterocycles. The summed E-state index contributed by atoms with van der Waals surface area (Å²) in [6.07, 6.45) is 1.30. The van der Waals surface area contributed by atoms with Crippen molar-refractivity contribution in [3.05, 3.63) is 59.7 Å². The Morgan fingerprint density at radius 3 is 2.58 bits per heavy atom. The molecule has 2 rings (SSSR count).